The number of benzene rings is 4. The van der Waals surface area contributed by atoms with Gasteiger partial charge >= 0.3 is 23.9 Å². The molecular formula is C94H115ClN8O24S3. The van der Waals surface area contributed by atoms with Gasteiger partial charge in [0.15, 0.2) is 26.4 Å². The van der Waals surface area contributed by atoms with Gasteiger partial charge in [-0.1, -0.05) is 124 Å². The second-order valence-corrected chi connectivity index (χ2v) is 34.6. The van der Waals surface area contributed by atoms with E-state index < -0.39 is 29.6 Å². The van der Waals surface area contributed by atoms with Crippen molar-refractivity contribution in [3.05, 3.63) is 189 Å². The van der Waals surface area contributed by atoms with Gasteiger partial charge in [0.2, 0.25) is 0 Å². The maximum Gasteiger partial charge on any atom is 0.342 e. The smallest absolute Gasteiger partial charge is 0.342 e. The lowest BCUT2D eigenvalue weighted by molar-refractivity contribution is -0.136. The Morgan fingerprint density at radius 3 is 0.977 bits per heavy atom. The van der Waals surface area contributed by atoms with E-state index in [9.17, 15) is 79.2 Å². The number of amides is 4. The number of phenols is 8. The van der Waals surface area contributed by atoms with E-state index in [1.807, 2.05) is 96.4 Å². The van der Waals surface area contributed by atoms with Gasteiger partial charge in [-0.3, -0.25) is 19.2 Å². The highest BCUT2D eigenvalue weighted by atomic mass is 35.5. The maximum atomic E-state index is 12.7. The van der Waals surface area contributed by atoms with Crippen molar-refractivity contribution in [1.29, 1.82) is 0 Å². The van der Waals surface area contributed by atoms with Crippen LogP contribution in [0.1, 0.15) is 173 Å². The Morgan fingerprint density at radius 1 is 0.362 bits per heavy atom. The van der Waals surface area contributed by atoms with Crippen LogP contribution in [0.4, 0.5) is 0 Å². The molecule has 130 heavy (non-hydrogen) atoms. The second-order valence-electron chi connectivity index (χ2n) is 30.6. The molecule has 1 saturated carbocycles. The van der Waals surface area contributed by atoms with Crippen LogP contribution >= 0.6 is 46.9 Å². The number of rotatable bonds is 13. The molecule has 8 aliphatic rings. The molecule has 4 amide bonds. The first-order chi connectivity index (χ1) is 63.1. The zero-order valence-corrected chi connectivity index (χ0v) is 75.9. The number of carbonyl (C=O) groups is 8. The van der Waals surface area contributed by atoms with Gasteiger partial charge in [-0.25, -0.2) is 19.2 Å². The molecule has 700 valence electrons. The largest absolute Gasteiger partial charge is 0.508 e. The summed E-state index contributed by atoms with van der Waals surface area (Å²) in [5, 5.41) is 100. The summed E-state index contributed by atoms with van der Waals surface area (Å²) in [5.41, 5.74) is 2.74. The van der Waals surface area contributed by atoms with Crippen molar-refractivity contribution in [2.45, 2.75) is 141 Å². The summed E-state index contributed by atoms with van der Waals surface area (Å²) in [6.07, 6.45) is 44.8. The first-order valence-corrected chi connectivity index (χ1v) is 47.4. The molecule has 7 heterocycles. The van der Waals surface area contributed by atoms with E-state index in [0.717, 1.165) is 136 Å². The molecule has 9 N–H and O–H groups in total. The number of oxime groups is 4. The number of carbonyl (C=O) groups excluding carboxylic acids is 8. The van der Waals surface area contributed by atoms with Gasteiger partial charge < -0.3 is 99.2 Å². The van der Waals surface area contributed by atoms with E-state index in [1.165, 1.54) is 24.6 Å². The number of phenolic OH excluding ortho intramolecular Hbond substituents is 8. The molecule has 0 unspecified atom stereocenters. The third-order valence-electron chi connectivity index (χ3n) is 20.7. The molecule has 0 aromatic heterocycles. The Balaban J connectivity index is 0.000000195. The second kappa shape index (κ2) is 56.6. The molecule has 32 nitrogen and oxygen atoms in total. The Labute approximate surface area is 773 Å². The highest BCUT2D eigenvalue weighted by Crippen LogP contribution is 2.38. The lowest BCUT2D eigenvalue weighted by atomic mass is 9.95. The van der Waals surface area contributed by atoms with Crippen LogP contribution < -0.4 is 5.32 Å². The summed E-state index contributed by atoms with van der Waals surface area (Å²) in [6, 6.07) is 8.66. The predicted octanol–water partition coefficient (Wildman–Crippen LogP) is 13.7. The standard InChI is InChI=1S/C25H32N2O6.C23H27ClN2O6S.2C23H28N2O6S/c28-21-15-18-14-20(27-33-17-23(30)26-19-10-7-5-8-11-19)12-6-3-1-2-4-9-13-32-25(31)24(18)22(29)16-21;24-22-17-13-16(25-32-15-20(29)26-8-11-33-12-9-26)7-5-3-1-2-4-6-10-31-23(30)21(17)18(27)14-19(22)28;2*26-19-14-17-13-18(24-31-16-21(28)25-8-11-32-12-9-25)7-5-3-1-2-4-6-10-30-23(29)22(17)20(27)15-19/h2,4,6,12,15-16,19,28-29H,1,3,5,7-11,13-14,17H2,(H,26,30);2,4-5,7,14,27-28H,1,3,6,8-13,15H2;2*2,4-5,7,14-15,26-27H,1,3,6,8-13,16H2/b4-2+,12-6+,27-20+;4-2+,7-5+,25-16-;4-2+,7-5+,24-18+;4-2+,7-5+,24-18-. The minimum Gasteiger partial charge on any atom is -0.508 e. The van der Waals surface area contributed by atoms with Crippen molar-refractivity contribution in [1.82, 2.24) is 20.0 Å². The lowest BCUT2D eigenvalue weighted by Gasteiger charge is -2.25. The van der Waals surface area contributed by atoms with Crippen LogP contribution in [0.15, 0.2) is 160 Å². The quantitative estimate of drug-likeness (QED) is 0.0260. The highest BCUT2D eigenvalue weighted by Gasteiger charge is 2.29. The average Bonchev–Trinajstić information content (AvgIpc) is 0.801. The summed E-state index contributed by atoms with van der Waals surface area (Å²) in [4.78, 5) is 126. The van der Waals surface area contributed by atoms with E-state index in [0.29, 0.717) is 104 Å². The van der Waals surface area contributed by atoms with Gasteiger partial charge in [0.1, 0.15) is 68.2 Å². The molecule has 4 aromatic carbocycles. The molecule has 4 aromatic rings. The number of halogens is 1. The molecule has 0 atom stereocenters. The fourth-order valence-electron chi connectivity index (χ4n) is 14.1. The number of cyclic esters (lactones) is 4. The van der Waals surface area contributed by atoms with Crippen LogP contribution in [0, 0.1) is 0 Å². The maximum absolute atomic E-state index is 12.7. The van der Waals surface area contributed by atoms with Gasteiger partial charge in [0.25, 0.3) is 23.6 Å². The normalized spacial score (nSPS) is 21.2. The van der Waals surface area contributed by atoms with Crippen molar-refractivity contribution in [3.8, 4) is 46.0 Å². The molecule has 36 heteroatoms. The van der Waals surface area contributed by atoms with Crippen LogP contribution in [-0.4, -0.2) is 259 Å². The zero-order chi connectivity index (χ0) is 92.6. The SMILES string of the molecule is O=C(CO/N=C1\C=C\CC/C=C/CCOC(=O)c2c(O)cc(O)cc2C1)NC1CCCCC1.O=C1OCC/C=C/CC/C=C/C(=N/OCC(=O)N2CCSCC2)Cc2c(Cl)c(O)cc(O)c21.O=C1OCC/C=C/CC/C=C/C(=N/OCC(=O)N2CCSCC2)Cc2cc(O)cc(O)c21.O=C1OCC/C=C/CC/C=C/C(=N\OCC(=O)N2CCSCC2)Cc2cc(O)cc(O)c21. The van der Waals surface area contributed by atoms with E-state index in [1.54, 1.807) is 50.8 Å². The Hall–Kier alpha value is -11.8. The number of nitrogens with one attached hydrogen (secondary N) is 1. The van der Waals surface area contributed by atoms with Gasteiger partial charge in [0, 0.05) is 130 Å². The molecule has 0 bridgehead atoms. The third-order valence-corrected chi connectivity index (χ3v) is 23.9. The number of esters is 4. The summed E-state index contributed by atoms with van der Waals surface area (Å²) in [5.74, 6) is -0.389. The van der Waals surface area contributed by atoms with Crippen LogP contribution in [0.3, 0.4) is 0 Å². The van der Waals surface area contributed by atoms with E-state index >= 15 is 0 Å². The van der Waals surface area contributed by atoms with Crippen LogP contribution in [0.25, 0.3) is 0 Å². The summed E-state index contributed by atoms with van der Waals surface area (Å²) in [7, 11) is 0. The number of nitrogens with zero attached hydrogens (tertiary/aromatic N) is 7. The number of aromatic hydroxyl groups is 8. The van der Waals surface area contributed by atoms with Gasteiger partial charge in [-0.2, -0.15) is 35.3 Å². The molecule has 12 rings (SSSR count). The Bertz CT molecular complexity index is 4740. The first kappa shape index (κ1) is 102. The summed E-state index contributed by atoms with van der Waals surface area (Å²) < 4.78 is 21.1. The van der Waals surface area contributed by atoms with Crippen molar-refractivity contribution in [3.63, 3.8) is 0 Å². The number of ether oxygens (including phenoxy) is 4. The van der Waals surface area contributed by atoms with Gasteiger partial charge in [-0.15, -0.1) is 0 Å². The molecule has 0 radical (unpaired) electrons. The highest BCUT2D eigenvalue weighted by molar-refractivity contribution is 7.99. The number of thioether (sulfide) groups is 3. The van der Waals surface area contributed by atoms with E-state index in [2.05, 4.69) is 25.9 Å². The first-order valence-electron chi connectivity index (χ1n) is 43.5. The number of hydrogen-bond acceptors (Lipinski definition) is 31. The fourth-order valence-corrected chi connectivity index (χ4v) is 17.1. The lowest BCUT2D eigenvalue weighted by Crippen LogP contribution is -2.39. The van der Waals surface area contributed by atoms with Gasteiger partial charge in [-0.05, 0) is 155 Å². The topological polar surface area (TPSA) is 443 Å². The van der Waals surface area contributed by atoms with Crippen molar-refractivity contribution in [2.24, 2.45) is 20.6 Å². The van der Waals surface area contributed by atoms with Crippen molar-refractivity contribution < 1.29 is 118 Å². The third kappa shape index (κ3) is 35.6. The zero-order valence-electron chi connectivity index (χ0n) is 72.7. The van der Waals surface area contributed by atoms with Crippen molar-refractivity contribution >= 4 is 117 Å². The van der Waals surface area contributed by atoms with E-state index in [4.69, 9.17) is 49.9 Å². The molecule has 3 saturated heterocycles. The number of fused-ring (bicyclic) bond motifs is 4. The molecular weight excluding hydrogens is 1760 g/mol. The molecule has 1 aliphatic carbocycles. The van der Waals surface area contributed by atoms with E-state index in [-0.39, 0.29) is 181 Å². The molecule has 4 fully saturated rings. The van der Waals surface area contributed by atoms with Crippen LogP contribution in [0.2, 0.25) is 5.02 Å². The summed E-state index contributed by atoms with van der Waals surface area (Å²) in [6.45, 7) is 4.09. The fraction of sp³-hybridized carbons (Fsp3) is 0.447. The number of hydrogen-bond donors (Lipinski definition) is 9. The molecule has 7 aliphatic heterocycles. The van der Waals surface area contributed by atoms with Crippen molar-refractivity contribution in [2.75, 3.05) is 127 Å². The Morgan fingerprint density at radius 2 is 0.646 bits per heavy atom. The molecule has 0 spiro atoms. The summed E-state index contributed by atoms with van der Waals surface area (Å²) >= 11 is 11.7. The Kier molecular flexibility index (Phi) is 44.4. The van der Waals surface area contributed by atoms with Crippen LogP contribution in [-0.2, 0) is 83.2 Å². The average molecular weight is 1870 g/mol. The van der Waals surface area contributed by atoms with Gasteiger partial charge in [0.05, 0.1) is 54.3 Å². The minimum absolute atomic E-state index is 0.0215. The van der Waals surface area contributed by atoms with Crippen LogP contribution in [0.5, 0.6) is 46.0 Å². The predicted molar refractivity (Wildman–Crippen MR) is 499 cm³/mol. The monoisotopic (exact) mass is 1870 g/mol. The minimum atomic E-state index is -0.753. The number of allylic oxidation sites excluding steroid dienone is 12.